The van der Waals surface area contributed by atoms with Gasteiger partial charge in [-0.3, -0.25) is 4.79 Å². The molecule has 0 bridgehead atoms. The Morgan fingerprint density at radius 2 is 2.07 bits per heavy atom. The molecule has 1 fully saturated rings. The van der Waals surface area contributed by atoms with Crippen LogP contribution < -0.4 is 0 Å². The van der Waals surface area contributed by atoms with Crippen molar-refractivity contribution in [2.75, 3.05) is 0 Å². The standard InChI is InChI=1S/C11H19ClO2/c1-7(2)9-5-4-8(3)6-10(9)11(13)14-12/h7-10H,4-6H2,1-3H3. The lowest BCUT2D eigenvalue weighted by molar-refractivity contribution is -0.143. The van der Waals surface area contributed by atoms with Crippen LogP contribution in [0.3, 0.4) is 0 Å². The number of hydrogen-bond donors (Lipinski definition) is 0. The molecule has 3 unspecified atom stereocenters. The molecule has 1 saturated carbocycles. The SMILES string of the molecule is CC1CCC(C(C)C)C(C(=O)OCl)C1. The van der Waals surface area contributed by atoms with E-state index in [0.717, 1.165) is 12.8 Å². The van der Waals surface area contributed by atoms with Crippen molar-refractivity contribution >= 4 is 17.8 Å². The number of hydrogen-bond acceptors (Lipinski definition) is 2. The smallest absolute Gasteiger partial charge is 0.328 e. The maximum Gasteiger partial charge on any atom is 0.328 e. The highest BCUT2D eigenvalue weighted by atomic mass is 35.5. The summed E-state index contributed by atoms with van der Waals surface area (Å²) in [5.74, 6) is 1.36. The molecule has 0 aliphatic heterocycles. The van der Waals surface area contributed by atoms with Crippen molar-refractivity contribution in [1.82, 2.24) is 0 Å². The van der Waals surface area contributed by atoms with E-state index in [2.05, 4.69) is 25.1 Å². The highest BCUT2D eigenvalue weighted by Crippen LogP contribution is 2.38. The van der Waals surface area contributed by atoms with E-state index in [9.17, 15) is 4.79 Å². The molecule has 3 heteroatoms. The first-order valence-electron chi connectivity index (χ1n) is 5.38. The monoisotopic (exact) mass is 218 g/mol. The third kappa shape index (κ3) is 2.63. The van der Waals surface area contributed by atoms with E-state index in [4.69, 9.17) is 11.9 Å². The molecule has 0 saturated heterocycles. The molecule has 82 valence electrons. The van der Waals surface area contributed by atoms with Crippen LogP contribution in [0.25, 0.3) is 0 Å². The van der Waals surface area contributed by atoms with Gasteiger partial charge in [0.1, 0.15) is 11.9 Å². The lowest BCUT2D eigenvalue weighted by atomic mass is 9.70. The van der Waals surface area contributed by atoms with Crippen LogP contribution in [0.15, 0.2) is 0 Å². The Hall–Kier alpha value is -0.240. The van der Waals surface area contributed by atoms with Gasteiger partial charge in [-0.25, -0.2) is 0 Å². The summed E-state index contributed by atoms with van der Waals surface area (Å²) in [7, 11) is 0. The van der Waals surface area contributed by atoms with Crippen LogP contribution in [0.4, 0.5) is 0 Å². The molecule has 1 aliphatic carbocycles. The lowest BCUT2D eigenvalue weighted by Crippen LogP contribution is -2.33. The second-order valence-electron chi connectivity index (χ2n) is 4.83. The molecule has 14 heavy (non-hydrogen) atoms. The Balaban J connectivity index is 2.68. The summed E-state index contributed by atoms with van der Waals surface area (Å²) in [4.78, 5) is 11.5. The van der Waals surface area contributed by atoms with E-state index >= 15 is 0 Å². The van der Waals surface area contributed by atoms with Gasteiger partial charge in [0.05, 0.1) is 5.92 Å². The quantitative estimate of drug-likeness (QED) is 0.710. The first kappa shape index (κ1) is 11.8. The van der Waals surface area contributed by atoms with Crippen molar-refractivity contribution in [3.05, 3.63) is 0 Å². The molecule has 3 atom stereocenters. The lowest BCUT2D eigenvalue weighted by Gasteiger charge is -2.35. The number of halogens is 1. The van der Waals surface area contributed by atoms with Crippen molar-refractivity contribution in [3.8, 4) is 0 Å². The van der Waals surface area contributed by atoms with Crippen molar-refractivity contribution in [2.45, 2.75) is 40.0 Å². The predicted octanol–water partition coefficient (Wildman–Crippen LogP) is 3.39. The molecule has 0 N–H and O–H groups in total. The molecular weight excluding hydrogens is 200 g/mol. The highest BCUT2D eigenvalue weighted by molar-refractivity contribution is 6.13. The predicted molar refractivity (Wildman–Crippen MR) is 56.8 cm³/mol. The van der Waals surface area contributed by atoms with Crippen molar-refractivity contribution in [1.29, 1.82) is 0 Å². The van der Waals surface area contributed by atoms with E-state index in [0.29, 0.717) is 17.8 Å². The zero-order valence-corrected chi connectivity index (χ0v) is 9.88. The minimum Gasteiger partial charge on any atom is -0.347 e. The fourth-order valence-electron chi connectivity index (χ4n) is 2.53. The summed E-state index contributed by atoms with van der Waals surface area (Å²) in [6.07, 6.45) is 3.26. The number of rotatable bonds is 2. The molecule has 0 aromatic carbocycles. The molecule has 0 heterocycles. The molecule has 2 nitrogen and oxygen atoms in total. The van der Waals surface area contributed by atoms with Crippen LogP contribution in [-0.4, -0.2) is 5.97 Å². The summed E-state index contributed by atoms with van der Waals surface area (Å²) >= 11 is 5.15. The van der Waals surface area contributed by atoms with Gasteiger partial charge in [0, 0.05) is 0 Å². The normalized spacial score (nSPS) is 33.1. The van der Waals surface area contributed by atoms with Crippen LogP contribution in [-0.2, 0) is 9.08 Å². The molecule has 1 aliphatic rings. The Labute approximate surface area is 91.1 Å². The zero-order valence-electron chi connectivity index (χ0n) is 9.13. The summed E-state index contributed by atoms with van der Waals surface area (Å²) in [6.45, 7) is 6.51. The van der Waals surface area contributed by atoms with Gasteiger partial charge in [-0.2, -0.15) is 0 Å². The third-order valence-corrected chi connectivity index (χ3v) is 3.55. The first-order chi connectivity index (χ1) is 6.56. The van der Waals surface area contributed by atoms with Gasteiger partial charge >= 0.3 is 5.97 Å². The summed E-state index contributed by atoms with van der Waals surface area (Å²) in [5.41, 5.74) is 0. The molecule has 0 radical (unpaired) electrons. The van der Waals surface area contributed by atoms with Crippen molar-refractivity contribution in [2.24, 2.45) is 23.7 Å². The molecule has 1 rings (SSSR count). The fourth-order valence-corrected chi connectivity index (χ4v) is 2.64. The van der Waals surface area contributed by atoms with E-state index in [1.165, 1.54) is 6.42 Å². The van der Waals surface area contributed by atoms with E-state index < -0.39 is 0 Å². The minimum absolute atomic E-state index is 0.0104. The van der Waals surface area contributed by atoms with Gasteiger partial charge in [0.2, 0.25) is 0 Å². The average Bonchev–Trinajstić information content (AvgIpc) is 2.16. The Kier molecular flexibility index (Phi) is 4.24. The topological polar surface area (TPSA) is 26.3 Å². The summed E-state index contributed by atoms with van der Waals surface area (Å²) < 4.78 is 4.35. The van der Waals surface area contributed by atoms with Crippen LogP contribution >= 0.6 is 11.9 Å². The van der Waals surface area contributed by atoms with Crippen LogP contribution in [0.5, 0.6) is 0 Å². The van der Waals surface area contributed by atoms with Gasteiger partial charge in [-0.05, 0) is 30.6 Å². The van der Waals surface area contributed by atoms with Crippen molar-refractivity contribution < 1.29 is 9.08 Å². The van der Waals surface area contributed by atoms with Crippen LogP contribution in [0, 0.1) is 23.7 Å². The van der Waals surface area contributed by atoms with Crippen molar-refractivity contribution in [3.63, 3.8) is 0 Å². The molecule has 0 amide bonds. The number of carbonyl (C=O) groups is 1. The fraction of sp³-hybridized carbons (Fsp3) is 0.909. The Morgan fingerprint density at radius 3 is 2.57 bits per heavy atom. The Morgan fingerprint density at radius 1 is 1.43 bits per heavy atom. The maximum absolute atomic E-state index is 11.5. The van der Waals surface area contributed by atoms with Gasteiger partial charge < -0.3 is 4.29 Å². The molecular formula is C11H19ClO2. The van der Waals surface area contributed by atoms with Crippen LogP contribution in [0.2, 0.25) is 0 Å². The zero-order chi connectivity index (χ0) is 10.7. The summed E-state index contributed by atoms with van der Waals surface area (Å²) in [6, 6.07) is 0. The molecule has 0 aromatic rings. The first-order valence-corrected chi connectivity index (χ1v) is 5.69. The third-order valence-electron chi connectivity index (χ3n) is 3.40. The minimum atomic E-state index is -0.239. The van der Waals surface area contributed by atoms with E-state index in [1.807, 2.05) is 0 Å². The molecule has 0 spiro atoms. The second-order valence-corrected chi connectivity index (χ2v) is 4.98. The number of carbonyl (C=O) groups excluding carboxylic acids is 1. The van der Waals surface area contributed by atoms with E-state index in [1.54, 1.807) is 0 Å². The second kappa shape index (κ2) is 5.01. The van der Waals surface area contributed by atoms with Gasteiger partial charge in [0.25, 0.3) is 0 Å². The highest BCUT2D eigenvalue weighted by Gasteiger charge is 2.36. The largest absolute Gasteiger partial charge is 0.347 e. The average molecular weight is 219 g/mol. The van der Waals surface area contributed by atoms with E-state index in [-0.39, 0.29) is 11.9 Å². The van der Waals surface area contributed by atoms with Gasteiger partial charge in [-0.15, -0.1) is 0 Å². The maximum atomic E-state index is 11.5. The van der Waals surface area contributed by atoms with Gasteiger partial charge in [0.15, 0.2) is 0 Å². The Bertz CT molecular complexity index is 203. The van der Waals surface area contributed by atoms with Gasteiger partial charge in [-0.1, -0.05) is 27.2 Å². The summed E-state index contributed by atoms with van der Waals surface area (Å²) in [5, 5.41) is 0. The molecule has 0 aromatic heterocycles. The van der Waals surface area contributed by atoms with Crippen LogP contribution in [0.1, 0.15) is 40.0 Å².